The topological polar surface area (TPSA) is 44.8 Å². The van der Waals surface area contributed by atoms with E-state index in [4.69, 9.17) is 14.2 Å². The lowest BCUT2D eigenvalue weighted by Gasteiger charge is -2.04. The van der Waals surface area contributed by atoms with E-state index in [9.17, 15) is 4.79 Å². The molecule has 0 amide bonds. The lowest BCUT2D eigenvalue weighted by molar-refractivity contribution is -0.139. The third-order valence-corrected chi connectivity index (χ3v) is 2.05. The van der Waals surface area contributed by atoms with Crippen molar-refractivity contribution in [3.05, 3.63) is 11.8 Å². The Bertz CT molecular complexity index is 245. The predicted octanol–water partition coefficient (Wildman–Crippen LogP) is 1.50. The first-order valence-electron chi connectivity index (χ1n) is 5.14. The summed E-state index contributed by atoms with van der Waals surface area (Å²) < 4.78 is 15.4. The van der Waals surface area contributed by atoms with Crippen LogP contribution < -0.4 is 0 Å². The second-order valence-electron chi connectivity index (χ2n) is 4.01. The molecular weight excluding hydrogens is 196 g/mol. The van der Waals surface area contributed by atoms with Gasteiger partial charge in [0, 0.05) is 13.5 Å². The van der Waals surface area contributed by atoms with Gasteiger partial charge in [-0.1, -0.05) is 13.8 Å². The Morgan fingerprint density at radius 1 is 1.67 bits per heavy atom. The average molecular weight is 214 g/mol. The van der Waals surface area contributed by atoms with Crippen molar-refractivity contribution in [2.24, 2.45) is 5.92 Å². The normalized spacial score (nSPS) is 23.2. The number of hydrogen-bond donors (Lipinski definition) is 0. The number of carbonyl (C=O) groups excluding carboxylic acids is 1. The van der Waals surface area contributed by atoms with Crippen molar-refractivity contribution in [1.29, 1.82) is 0 Å². The molecule has 0 N–H and O–H groups in total. The summed E-state index contributed by atoms with van der Waals surface area (Å²) in [5.74, 6) is 0.662. The molecule has 1 aliphatic rings. The van der Waals surface area contributed by atoms with E-state index in [0.717, 1.165) is 0 Å². The Morgan fingerprint density at radius 3 is 2.93 bits per heavy atom. The Balaban J connectivity index is 2.33. The van der Waals surface area contributed by atoms with Gasteiger partial charge in [-0.15, -0.1) is 0 Å². The summed E-state index contributed by atoms with van der Waals surface area (Å²) in [5, 5.41) is 0. The van der Waals surface area contributed by atoms with Gasteiger partial charge in [0.05, 0.1) is 18.8 Å². The summed E-state index contributed by atoms with van der Waals surface area (Å²) in [5.41, 5.74) is 0. The van der Waals surface area contributed by atoms with E-state index in [1.165, 1.54) is 6.08 Å². The van der Waals surface area contributed by atoms with E-state index in [1.54, 1.807) is 7.11 Å². The van der Waals surface area contributed by atoms with Gasteiger partial charge >= 0.3 is 5.97 Å². The summed E-state index contributed by atoms with van der Waals surface area (Å²) in [7, 11) is 1.63. The van der Waals surface area contributed by atoms with Crippen LogP contribution in [0.5, 0.6) is 0 Å². The fourth-order valence-corrected chi connectivity index (χ4v) is 1.22. The molecule has 4 heteroatoms. The molecule has 15 heavy (non-hydrogen) atoms. The predicted molar refractivity (Wildman–Crippen MR) is 55.2 cm³/mol. The van der Waals surface area contributed by atoms with Gasteiger partial charge in [0.15, 0.2) is 0 Å². The summed E-state index contributed by atoms with van der Waals surface area (Å²) in [4.78, 5) is 11.3. The van der Waals surface area contributed by atoms with E-state index in [2.05, 4.69) is 0 Å². The second-order valence-corrected chi connectivity index (χ2v) is 4.01. The first-order chi connectivity index (χ1) is 7.11. The zero-order valence-electron chi connectivity index (χ0n) is 9.49. The largest absolute Gasteiger partial charge is 0.495 e. The monoisotopic (exact) mass is 214 g/mol. The van der Waals surface area contributed by atoms with Crippen LogP contribution in [-0.4, -0.2) is 32.4 Å². The van der Waals surface area contributed by atoms with Gasteiger partial charge in [-0.05, 0) is 5.92 Å². The number of esters is 1. The summed E-state index contributed by atoms with van der Waals surface area (Å²) >= 11 is 0. The standard InChI is InChI=1S/C11H18O4/c1-8(2)6-15-11(12)5-9-4-10(13-3)7-14-9/h5,8,10H,4,6-7H2,1-3H3/b9-5+/t10-/m0/s1. The number of hydrogen-bond acceptors (Lipinski definition) is 4. The highest BCUT2D eigenvalue weighted by Gasteiger charge is 2.21. The average Bonchev–Trinajstić information content (AvgIpc) is 2.62. The second kappa shape index (κ2) is 5.75. The Kier molecular flexibility index (Phi) is 4.62. The van der Waals surface area contributed by atoms with Gasteiger partial charge in [0.2, 0.25) is 0 Å². The maximum absolute atomic E-state index is 11.3. The molecule has 1 heterocycles. The van der Waals surface area contributed by atoms with E-state index >= 15 is 0 Å². The maximum Gasteiger partial charge on any atom is 0.334 e. The molecule has 0 aromatic rings. The first-order valence-corrected chi connectivity index (χ1v) is 5.14. The highest BCUT2D eigenvalue weighted by molar-refractivity contribution is 5.82. The van der Waals surface area contributed by atoms with E-state index in [1.807, 2.05) is 13.8 Å². The van der Waals surface area contributed by atoms with Gasteiger partial charge in [-0.2, -0.15) is 0 Å². The van der Waals surface area contributed by atoms with Gasteiger partial charge in [0.25, 0.3) is 0 Å². The number of ether oxygens (including phenoxy) is 3. The summed E-state index contributed by atoms with van der Waals surface area (Å²) in [6.07, 6.45) is 2.11. The van der Waals surface area contributed by atoms with Crippen molar-refractivity contribution in [1.82, 2.24) is 0 Å². The third kappa shape index (κ3) is 4.34. The van der Waals surface area contributed by atoms with Gasteiger partial charge < -0.3 is 14.2 Å². The Labute approximate surface area is 90.2 Å². The van der Waals surface area contributed by atoms with Crippen LogP contribution in [0.2, 0.25) is 0 Å². The highest BCUT2D eigenvalue weighted by Crippen LogP contribution is 2.18. The van der Waals surface area contributed by atoms with E-state index in [0.29, 0.717) is 31.3 Å². The van der Waals surface area contributed by atoms with Crippen LogP contribution in [0.15, 0.2) is 11.8 Å². The zero-order valence-corrected chi connectivity index (χ0v) is 9.49. The smallest absolute Gasteiger partial charge is 0.334 e. The van der Waals surface area contributed by atoms with Gasteiger partial charge in [0.1, 0.15) is 12.4 Å². The molecule has 0 bridgehead atoms. The van der Waals surface area contributed by atoms with Crippen LogP contribution in [0.25, 0.3) is 0 Å². The molecule has 0 aromatic carbocycles. The minimum Gasteiger partial charge on any atom is -0.495 e. The van der Waals surface area contributed by atoms with Crippen molar-refractivity contribution in [2.75, 3.05) is 20.3 Å². The molecule has 0 aromatic heterocycles. The quantitative estimate of drug-likeness (QED) is 0.525. The molecule has 1 aliphatic heterocycles. The van der Waals surface area contributed by atoms with Crippen molar-refractivity contribution in [3.63, 3.8) is 0 Å². The number of carbonyl (C=O) groups is 1. The number of methoxy groups -OCH3 is 1. The molecule has 0 spiro atoms. The molecule has 0 radical (unpaired) electrons. The maximum atomic E-state index is 11.3. The van der Waals surface area contributed by atoms with Crippen molar-refractivity contribution < 1.29 is 19.0 Å². The molecule has 86 valence electrons. The molecule has 4 nitrogen and oxygen atoms in total. The molecule has 1 saturated heterocycles. The molecule has 0 unspecified atom stereocenters. The molecule has 1 fully saturated rings. The molecule has 0 aliphatic carbocycles. The number of rotatable bonds is 4. The van der Waals surface area contributed by atoms with Crippen LogP contribution in [0.1, 0.15) is 20.3 Å². The first kappa shape index (κ1) is 12.0. The molecule has 0 saturated carbocycles. The van der Waals surface area contributed by atoms with Crippen LogP contribution in [-0.2, 0) is 19.0 Å². The van der Waals surface area contributed by atoms with Gasteiger partial charge in [-0.25, -0.2) is 4.79 Å². The molecule has 1 rings (SSSR count). The summed E-state index contributed by atoms with van der Waals surface area (Å²) in [6, 6.07) is 0. The zero-order chi connectivity index (χ0) is 11.3. The highest BCUT2D eigenvalue weighted by atomic mass is 16.5. The van der Waals surface area contributed by atoms with Crippen LogP contribution in [0, 0.1) is 5.92 Å². The summed E-state index contributed by atoms with van der Waals surface area (Å²) in [6.45, 7) is 4.94. The lowest BCUT2D eigenvalue weighted by Crippen LogP contribution is -2.08. The molecular formula is C11H18O4. The van der Waals surface area contributed by atoms with Crippen molar-refractivity contribution >= 4 is 5.97 Å². The van der Waals surface area contributed by atoms with Crippen molar-refractivity contribution in [3.8, 4) is 0 Å². The SMILES string of the molecule is CO[C@@H]1CO/C(=C/C(=O)OCC(C)C)C1. The fraction of sp³-hybridized carbons (Fsp3) is 0.727. The minimum absolute atomic E-state index is 0.0640. The van der Waals surface area contributed by atoms with Crippen LogP contribution in [0.3, 0.4) is 0 Å². The van der Waals surface area contributed by atoms with Crippen molar-refractivity contribution in [2.45, 2.75) is 26.4 Å². The van der Waals surface area contributed by atoms with Gasteiger partial charge in [-0.3, -0.25) is 0 Å². The Morgan fingerprint density at radius 2 is 2.40 bits per heavy atom. The minimum atomic E-state index is -0.338. The Hall–Kier alpha value is -1.03. The van der Waals surface area contributed by atoms with Crippen LogP contribution in [0.4, 0.5) is 0 Å². The lowest BCUT2D eigenvalue weighted by atomic mass is 10.2. The third-order valence-electron chi connectivity index (χ3n) is 2.05. The van der Waals surface area contributed by atoms with E-state index in [-0.39, 0.29) is 12.1 Å². The molecule has 1 atom stereocenters. The van der Waals surface area contributed by atoms with E-state index < -0.39 is 0 Å². The fourth-order valence-electron chi connectivity index (χ4n) is 1.22. The van der Waals surface area contributed by atoms with Crippen LogP contribution >= 0.6 is 0 Å².